The largest absolute Gasteiger partial charge is 0.329 e. The molecule has 0 aliphatic rings. The summed E-state index contributed by atoms with van der Waals surface area (Å²) in [7, 11) is 0. The van der Waals surface area contributed by atoms with E-state index in [1.807, 2.05) is 30.3 Å². The lowest BCUT2D eigenvalue weighted by molar-refractivity contribution is -0.133. The van der Waals surface area contributed by atoms with Crippen molar-refractivity contribution >= 4 is 29.1 Å². The first kappa shape index (κ1) is 18.2. The molecule has 0 heterocycles. The predicted octanol–water partition coefficient (Wildman–Crippen LogP) is 2.63. The molecule has 0 aliphatic heterocycles. The summed E-state index contributed by atoms with van der Waals surface area (Å²) in [5.74, 6) is -0.661. The van der Waals surface area contributed by atoms with Crippen LogP contribution in [-0.4, -0.2) is 29.2 Å². The smallest absolute Gasteiger partial charge is 0.244 e. The zero-order valence-electron chi connectivity index (χ0n) is 14.3. The van der Waals surface area contributed by atoms with Gasteiger partial charge in [0.15, 0.2) is 0 Å². The van der Waals surface area contributed by atoms with Crippen molar-refractivity contribution in [3.63, 3.8) is 0 Å². The standard InChI is InChI=1S/C19H21N3O3/c1-14(23)20-17-9-6-10-18(11-17)21-19(25)13-22(15(2)24)12-16-7-4-3-5-8-16/h3-11H,12-13H2,1-2H3,(H,20,23)(H,21,25). The minimum absolute atomic E-state index is 0.0470. The van der Waals surface area contributed by atoms with Crippen LogP contribution in [0.15, 0.2) is 54.6 Å². The van der Waals surface area contributed by atoms with Crippen LogP contribution in [-0.2, 0) is 20.9 Å². The zero-order valence-corrected chi connectivity index (χ0v) is 14.3. The van der Waals surface area contributed by atoms with E-state index in [0.29, 0.717) is 17.9 Å². The molecule has 0 radical (unpaired) electrons. The number of hydrogen-bond donors (Lipinski definition) is 2. The fourth-order valence-electron chi connectivity index (χ4n) is 2.33. The second-order valence-corrected chi connectivity index (χ2v) is 5.67. The van der Waals surface area contributed by atoms with Crippen LogP contribution in [0.3, 0.4) is 0 Å². The summed E-state index contributed by atoms with van der Waals surface area (Å²) >= 11 is 0. The minimum Gasteiger partial charge on any atom is -0.329 e. The third-order valence-electron chi connectivity index (χ3n) is 3.46. The van der Waals surface area contributed by atoms with Gasteiger partial charge in [-0.25, -0.2) is 0 Å². The van der Waals surface area contributed by atoms with Gasteiger partial charge in [-0.2, -0.15) is 0 Å². The number of hydrogen-bond acceptors (Lipinski definition) is 3. The second-order valence-electron chi connectivity index (χ2n) is 5.67. The number of nitrogens with one attached hydrogen (secondary N) is 2. The number of carbonyl (C=O) groups is 3. The number of rotatable bonds is 6. The normalized spacial score (nSPS) is 10.0. The van der Waals surface area contributed by atoms with Crippen LogP contribution in [0.5, 0.6) is 0 Å². The molecule has 2 aromatic rings. The second kappa shape index (κ2) is 8.63. The molecule has 6 nitrogen and oxygen atoms in total. The third-order valence-corrected chi connectivity index (χ3v) is 3.46. The number of anilines is 2. The van der Waals surface area contributed by atoms with Gasteiger partial charge >= 0.3 is 0 Å². The maximum absolute atomic E-state index is 12.3. The van der Waals surface area contributed by atoms with Crippen molar-refractivity contribution in [2.75, 3.05) is 17.2 Å². The lowest BCUT2D eigenvalue weighted by Crippen LogP contribution is -2.36. The number of carbonyl (C=O) groups excluding carboxylic acids is 3. The van der Waals surface area contributed by atoms with Gasteiger partial charge in [-0.15, -0.1) is 0 Å². The van der Waals surface area contributed by atoms with Gasteiger partial charge in [-0.05, 0) is 23.8 Å². The fraction of sp³-hybridized carbons (Fsp3) is 0.211. The fourth-order valence-corrected chi connectivity index (χ4v) is 2.33. The molecule has 0 saturated heterocycles. The highest BCUT2D eigenvalue weighted by Crippen LogP contribution is 2.15. The highest BCUT2D eigenvalue weighted by atomic mass is 16.2. The van der Waals surface area contributed by atoms with Gasteiger partial charge < -0.3 is 15.5 Å². The van der Waals surface area contributed by atoms with Gasteiger partial charge in [-0.1, -0.05) is 36.4 Å². The van der Waals surface area contributed by atoms with Crippen LogP contribution in [0.2, 0.25) is 0 Å². The Morgan fingerprint density at radius 1 is 0.880 bits per heavy atom. The van der Waals surface area contributed by atoms with Crippen molar-refractivity contribution < 1.29 is 14.4 Å². The number of nitrogens with zero attached hydrogens (tertiary/aromatic N) is 1. The Balaban J connectivity index is 1.99. The summed E-state index contributed by atoms with van der Waals surface area (Å²) in [6, 6.07) is 16.3. The highest BCUT2D eigenvalue weighted by Gasteiger charge is 2.14. The van der Waals surface area contributed by atoms with E-state index in [1.54, 1.807) is 24.3 Å². The summed E-state index contributed by atoms with van der Waals surface area (Å²) in [6.45, 7) is 3.18. The maximum Gasteiger partial charge on any atom is 0.244 e. The molecule has 3 amide bonds. The van der Waals surface area contributed by atoms with Crippen LogP contribution < -0.4 is 10.6 Å². The van der Waals surface area contributed by atoms with Gasteiger partial charge in [0, 0.05) is 31.8 Å². The van der Waals surface area contributed by atoms with Crippen LogP contribution in [0.4, 0.5) is 11.4 Å². The Hall–Kier alpha value is -3.15. The Morgan fingerprint density at radius 2 is 1.52 bits per heavy atom. The van der Waals surface area contributed by atoms with Gasteiger partial charge in [-0.3, -0.25) is 14.4 Å². The summed E-state index contributed by atoms with van der Waals surface area (Å²) in [4.78, 5) is 36.6. The first-order chi connectivity index (χ1) is 11.9. The van der Waals surface area contributed by atoms with Crippen molar-refractivity contribution in [3.05, 3.63) is 60.2 Å². The van der Waals surface area contributed by atoms with Crippen LogP contribution in [0.1, 0.15) is 19.4 Å². The van der Waals surface area contributed by atoms with Gasteiger partial charge in [0.25, 0.3) is 0 Å². The molecule has 0 bridgehead atoms. The topological polar surface area (TPSA) is 78.5 Å². The van der Waals surface area contributed by atoms with Gasteiger partial charge in [0.1, 0.15) is 6.54 Å². The molecule has 0 aromatic heterocycles. The molecule has 0 fully saturated rings. The summed E-state index contributed by atoms with van der Waals surface area (Å²) < 4.78 is 0. The predicted molar refractivity (Wildman–Crippen MR) is 96.9 cm³/mol. The van der Waals surface area contributed by atoms with Gasteiger partial charge in [0.05, 0.1) is 0 Å². The summed E-state index contributed by atoms with van der Waals surface area (Å²) in [6.07, 6.45) is 0. The Morgan fingerprint density at radius 3 is 2.12 bits per heavy atom. The molecule has 0 saturated carbocycles. The van der Waals surface area contributed by atoms with E-state index < -0.39 is 0 Å². The average molecular weight is 339 g/mol. The van der Waals surface area contributed by atoms with Crippen molar-refractivity contribution in [3.8, 4) is 0 Å². The zero-order chi connectivity index (χ0) is 18.2. The first-order valence-corrected chi connectivity index (χ1v) is 7.91. The van der Waals surface area contributed by atoms with E-state index >= 15 is 0 Å². The number of benzene rings is 2. The molecule has 0 spiro atoms. The molecule has 130 valence electrons. The SMILES string of the molecule is CC(=O)Nc1cccc(NC(=O)CN(Cc2ccccc2)C(C)=O)c1. The van der Waals surface area contributed by atoms with Gasteiger partial charge in [0.2, 0.25) is 17.7 Å². The molecule has 0 aliphatic carbocycles. The lowest BCUT2D eigenvalue weighted by Gasteiger charge is -2.20. The van der Waals surface area contributed by atoms with E-state index in [4.69, 9.17) is 0 Å². The van der Waals surface area contributed by atoms with Crippen molar-refractivity contribution in [1.29, 1.82) is 0 Å². The number of amides is 3. The van der Waals surface area contributed by atoms with Crippen molar-refractivity contribution in [2.24, 2.45) is 0 Å². The average Bonchev–Trinajstić information content (AvgIpc) is 2.54. The minimum atomic E-state index is -0.300. The van der Waals surface area contributed by atoms with E-state index in [0.717, 1.165) is 5.56 Å². The summed E-state index contributed by atoms with van der Waals surface area (Å²) in [5.41, 5.74) is 2.11. The van der Waals surface area contributed by atoms with E-state index in [2.05, 4.69) is 10.6 Å². The molecular formula is C19H21N3O3. The molecule has 2 aromatic carbocycles. The molecule has 0 atom stereocenters. The maximum atomic E-state index is 12.3. The Bertz CT molecular complexity index is 760. The van der Waals surface area contributed by atoms with E-state index in [1.165, 1.54) is 18.7 Å². The third kappa shape index (κ3) is 6.10. The quantitative estimate of drug-likeness (QED) is 0.849. The Kier molecular flexibility index (Phi) is 6.28. The molecule has 2 N–H and O–H groups in total. The Labute approximate surface area is 146 Å². The first-order valence-electron chi connectivity index (χ1n) is 7.91. The molecular weight excluding hydrogens is 318 g/mol. The van der Waals surface area contributed by atoms with Crippen LogP contribution in [0, 0.1) is 0 Å². The summed E-state index contributed by atoms with van der Waals surface area (Å²) in [5, 5.41) is 5.40. The molecule has 25 heavy (non-hydrogen) atoms. The lowest BCUT2D eigenvalue weighted by atomic mass is 10.2. The van der Waals surface area contributed by atoms with Crippen molar-refractivity contribution in [2.45, 2.75) is 20.4 Å². The molecule has 2 rings (SSSR count). The molecule has 6 heteroatoms. The monoisotopic (exact) mass is 339 g/mol. The van der Waals surface area contributed by atoms with E-state index in [9.17, 15) is 14.4 Å². The van der Waals surface area contributed by atoms with Crippen LogP contribution in [0.25, 0.3) is 0 Å². The molecule has 0 unspecified atom stereocenters. The van der Waals surface area contributed by atoms with Crippen molar-refractivity contribution in [1.82, 2.24) is 4.90 Å². The van der Waals surface area contributed by atoms with Crippen LogP contribution >= 0.6 is 0 Å². The highest BCUT2D eigenvalue weighted by molar-refractivity contribution is 5.95. The van der Waals surface area contributed by atoms with E-state index in [-0.39, 0.29) is 24.3 Å².